The van der Waals surface area contributed by atoms with Crippen molar-refractivity contribution in [3.63, 3.8) is 0 Å². The first kappa shape index (κ1) is 22.5. The maximum absolute atomic E-state index is 12.1. The van der Waals surface area contributed by atoms with Crippen molar-refractivity contribution in [2.24, 2.45) is 5.41 Å². The molecule has 0 radical (unpaired) electrons. The van der Waals surface area contributed by atoms with E-state index in [9.17, 15) is 35.9 Å². The summed E-state index contributed by atoms with van der Waals surface area (Å²) in [6, 6.07) is 0. The fraction of sp³-hybridized carbons (Fsp3) is 0.857. The lowest BCUT2D eigenvalue weighted by atomic mass is 9.82. The molecule has 0 N–H and O–H groups in total. The number of ether oxygens (including phenoxy) is 2. The highest BCUT2D eigenvalue weighted by Crippen LogP contribution is 2.32. The average molecular weight is 366 g/mol. The Hall–Kier alpha value is -1.48. The van der Waals surface area contributed by atoms with Gasteiger partial charge in [-0.05, 0) is 20.3 Å². The van der Waals surface area contributed by atoms with Crippen LogP contribution in [0, 0.1) is 5.41 Å². The lowest BCUT2D eigenvalue weighted by Gasteiger charge is -2.34. The van der Waals surface area contributed by atoms with Crippen molar-refractivity contribution in [2.45, 2.75) is 64.9 Å². The second-order valence-corrected chi connectivity index (χ2v) is 6.82. The second kappa shape index (κ2) is 7.60. The molecule has 0 unspecified atom stereocenters. The van der Waals surface area contributed by atoms with E-state index >= 15 is 0 Å². The van der Waals surface area contributed by atoms with Crippen LogP contribution >= 0.6 is 0 Å². The number of esters is 2. The van der Waals surface area contributed by atoms with Crippen molar-refractivity contribution in [3.05, 3.63) is 0 Å². The zero-order valence-corrected chi connectivity index (χ0v) is 13.7. The molecule has 0 aromatic rings. The molecule has 0 rings (SSSR count). The smallest absolute Gasteiger partial charge is 0.399 e. The van der Waals surface area contributed by atoms with Gasteiger partial charge in [0.25, 0.3) is 0 Å². The normalized spacial score (nSPS) is 13.6. The Morgan fingerprint density at radius 3 is 1.62 bits per heavy atom. The molecule has 24 heavy (non-hydrogen) atoms. The van der Waals surface area contributed by atoms with Crippen LogP contribution in [0.1, 0.15) is 47.0 Å². The van der Waals surface area contributed by atoms with Gasteiger partial charge in [-0.15, -0.1) is 0 Å². The molecule has 0 fully saturated rings. The van der Waals surface area contributed by atoms with Crippen LogP contribution in [-0.2, 0) is 19.1 Å². The van der Waals surface area contributed by atoms with E-state index in [1.165, 1.54) is 27.7 Å². The molecule has 0 aliphatic heterocycles. The standard InChI is InChI=1S/C14H20F6O4/c1-11(2,8-23-9(21)5-13(15,16)17)7-12(3,4)24-10(22)6-14(18,19)20/h5-8H2,1-4H3. The molecule has 0 amide bonds. The Bertz CT molecular complexity index is 451. The van der Waals surface area contributed by atoms with Gasteiger partial charge in [0, 0.05) is 5.41 Å². The van der Waals surface area contributed by atoms with Crippen LogP contribution in [0.5, 0.6) is 0 Å². The minimum absolute atomic E-state index is 0.0249. The molecule has 4 nitrogen and oxygen atoms in total. The molecule has 0 saturated carbocycles. The lowest BCUT2D eigenvalue weighted by Crippen LogP contribution is -2.37. The molecule has 0 aliphatic rings. The molecule has 0 saturated heterocycles. The summed E-state index contributed by atoms with van der Waals surface area (Å²) in [5.74, 6) is -2.92. The van der Waals surface area contributed by atoms with Gasteiger partial charge in [0.2, 0.25) is 0 Å². The monoisotopic (exact) mass is 366 g/mol. The largest absolute Gasteiger partial charge is 0.465 e. The topological polar surface area (TPSA) is 52.6 Å². The van der Waals surface area contributed by atoms with Crippen molar-refractivity contribution in [1.82, 2.24) is 0 Å². The first-order chi connectivity index (χ1) is 10.4. The van der Waals surface area contributed by atoms with Crippen LogP contribution < -0.4 is 0 Å². The predicted molar refractivity (Wildman–Crippen MR) is 70.9 cm³/mol. The van der Waals surface area contributed by atoms with E-state index in [1.54, 1.807) is 0 Å². The van der Waals surface area contributed by atoms with Gasteiger partial charge in [-0.2, -0.15) is 26.3 Å². The van der Waals surface area contributed by atoms with Gasteiger partial charge in [-0.1, -0.05) is 13.8 Å². The third-order valence-electron chi connectivity index (χ3n) is 2.61. The summed E-state index contributed by atoms with van der Waals surface area (Å²) in [5, 5.41) is 0. The molecule has 10 heteroatoms. The third kappa shape index (κ3) is 12.0. The molecule has 0 bridgehead atoms. The first-order valence-corrected chi connectivity index (χ1v) is 6.92. The van der Waals surface area contributed by atoms with Crippen molar-refractivity contribution in [1.29, 1.82) is 0 Å². The molecular weight excluding hydrogens is 346 g/mol. The number of carbonyl (C=O) groups excluding carboxylic acids is 2. The highest BCUT2D eigenvalue weighted by molar-refractivity contribution is 5.70. The van der Waals surface area contributed by atoms with E-state index in [-0.39, 0.29) is 6.42 Å². The van der Waals surface area contributed by atoms with E-state index in [0.717, 1.165) is 0 Å². The van der Waals surface area contributed by atoms with Crippen LogP contribution in [0.3, 0.4) is 0 Å². The Labute approximate surface area is 135 Å². The second-order valence-electron chi connectivity index (χ2n) is 6.82. The molecule has 0 atom stereocenters. The van der Waals surface area contributed by atoms with Gasteiger partial charge in [-0.25, -0.2) is 0 Å². The molecule has 0 aliphatic carbocycles. The van der Waals surface area contributed by atoms with E-state index in [2.05, 4.69) is 4.74 Å². The summed E-state index contributed by atoms with van der Waals surface area (Å²) in [5.41, 5.74) is -2.23. The van der Waals surface area contributed by atoms with Crippen LogP contribution in [-0.4, -0.2) is 36.5 Å². The molecule has 0 spiro atoms. The van der Waals surface area contributed by atoms with Crippen molar-refractivity contribution in [2.75, 3.05) is 6.61 Å². The van der Waals surface area contributed by atoms with Crippen molar-refractivity contribution >= 4 is 11.9 Å². The Kier molecular flexibility index (Phi) is 7.14. The summed E-state index contributed by atoms with van der Waals surface area (Å²) in [6.45, 7) is 5.36. The molecule has 142 valence electrons. The van der Waals surface area contributed by atoms with E-state index in [4.69, 9.17) is 4.74 Å². The van der Waals surface area contributed by atoms with Gasteiger partial charge in [0.05, 0.1) is 6.61 Å². The highest BCUT2D eigenvalue weighted by Gasteiger charge is 2.38. The molecular formula is C14H20F6O4. The first-order valence-electron chi connectivity index (χ1n) is 6.92. The zero-order valence-electron chi connectivity index (χ0n) is 13.7. The van der Waals surface area contributed by atoms with Gasteiger partial charge >= 0.3 is 24.3 Å². The minimum atomic E-state index is -4.70. The van der Waals surface area contributed by atoms with Crippen LogP contribution in [0.4, 0.5) is 26.3 Å². The van der Waals surface area contributed by atoms with Gasteiger partial charge < -0.3 is 9.47 Å². The summed E-state index contributed by atoms with van der Waals surface area (Å²) >= 11 is 0. The third-order valence-corrected chi connectivity index (χ3v) is 2.61. The fourth-order valence-corrected chi connectivity index (χ4v) is 2.24. The quantitative estimate of drug-likeness (QED) is 0.501. The number of halogens is 6. The minimum Gasteiger partial charge on any atom is -0.465 e. The van der Waals surface area contributed by atoms with Crippen molar-refractivity contribution < 1.29 is 45.4 Å². The van der Waals surface area contributed by atoms with Crippen LogP contribution in [0.25, 0.3) is 0 Å². The molecule has 0 aromatic carbocycles. The molecule has 0 heterocycles. The van der Waals surface area contributed by atoms with E-state index in [0.29, 0.717) is 0 Å². The summed E-state index contributed by atoms with van der Waals surface area (Å²) in [7, 11) is 0. The Balaban J connectivity index is 4.55. The maximum Gasteiger partial charge on any atom is 0.399 e. The Morgan fingerprint density at radius 2 is 1.21 bits per heavy atom. The number of hydrogen-bond donors (Lipinski definition) is 0. The summed E-state index contributed by atoms with van der Waals surface area (Å²) in [6.07, 6.45) is -12.9. The van der Waals surface area contributed by atoms with Gasteiger partial charge in [-0.3, -0.25) is 9.59 Å². The van der Waals surface area contributed by atoms with E-state index in [1.807, 2.05) is 0 Å². The fourth-order valence-electron chi connectivity index (χ4n) is 2.24. The number of alkyl halides is 6. The van der Waals surface area contributed by atoms with Gasteiger partial charge in [0.15, 0.2) is 0 Å². The zero-order chi connectivity index (χ0) is 19.4. The number of hydrogen-bond acceptors (Lipinski definition) is 4. The lowest BCUT2D eigenvalue weighted by molar-refractivity contribution is -0.185. The number of carbonyl (C=O) groups is 2. The maximum atomic E-state index is 12.1. The average Bonchev–Trinajstić information content (AvgIpc) is 2.18. The van der Waals surface area contributed by atoms with Crippen LogP contribution in [0.2, 0.25) is 0 Å². The van der Waals surface area contributed by atoms with E-state index < -0.39 is 54.8 Å². The van der Waals surface area contributed by atoms with Crippen molar-refractivity contribution in [3.8, 4) is 0 Å². The Morgan fingerprint density at radius 1 is 0.792 bits per heavy atom. The summed E-state index contributed by atoms with van der Waals surface area (Å²) < 4.78 is 81.7. The molecule has 0 aromatic heterocycles. The highest BCUT2D eigenvalue weighted by atomic mass is 19.4. The summed E-state index contributed by atoms with van der Waals surface area (Å²) in [4.78, 5) is 22.3. The van der Waals surface area contributed by atoms with Crippen LogP contribution in [0.15, 0.2) is 0 Å². The SMILES string of the molecule is CC(C)(COC(=O)CC(F)(F)F)CC(C)(C)OC(=O)CC(F)(F)F. The van der Waals surface area contributed by atoms with Gasteiger partial charge in [0.1, 0.15) is 18.4 Å². The predicted octanol–water partition coefficient (Wildman–Crippen LogP) is 4.17. The number of rotatable bonds is 7.